The molecule has 3 aliphatic rings. The Morgan fingerprint density at radius 3 is 2.10 bits per heavy atom. The molecular weight excluding hydrogens is 250 g/mol. The Balaban J connectivity index is 1.44. The third-order valence-corrected chi connectivity index (χ3v) is 5.55. The molecule has 2 saturated heterocycles. The largest absolute Gasteiger partial charge is 0.340 e. The zero-order chi connectivity index (χ0) is 14.1. The Morgan fingerprint density at radius 1 is 0.950 bits per heavy atom. The molecule has 0 aromatic carbocycles. The Bertz CT molecular complexity index is 338. The molecule has 0 N–H and O–H groups in total. The number of amides is 1. The van der Waals surface area contributed by atoms with E-state index in [0.29, 0.717) is 11.8 Å². The second kappa shape index (κ2) is 6.02. The van der Waals surface area contributed by atoms with Gasteiger partial charge in [-0.15, -0.1) is 0 Å². The molecule has 1 saturated carbocycles. The lowest BCUT2D eigenvalue weighted by molar-refractivity contribution is -0.142. The summed E-state index contributed by atoms with van der Waals surface area (Å²) in [6, 6.07) is 0.757. The summed E-state index contributed by atoms with van der Waals surface area (Å²) >= 11 is 0. The molecule has 0 bridgehead atoms. The molecule has 20 heavy (non-hydrogen) atoms. The number of likely N-dealkylation sites (tertiary alicyclic amines) is 1. The van der Waals surface area contributed by atoms with Crippen LogP contribution in [0, 0.1) is 11.8 Å². The standard InChI is InChI=1S/C16H29N3O/c1-13-11-14(12-13)16(20)19-9-7-18(8-10-19)15-3-5-17(2)6-4-15/h13-15H,3-12H2,1-2H3. The van der Waals surface area contributed by atoms with Gasteiger partial charge < -0.3 is 9.80 Å². The van der Waals surface area contributed by atoms with Crippen molar-refractivity contribution in [1.29, 1.82) is 0 Å². The van der Waals surface area contributed by atoms with Crippen LogP contribution in [0.4, 0.5) is 0 Å². The van der Waals surface area contributed by atoms with Crippen LogP contribution in [0.25, 0.3) is 0 Å². The van der Waals surface area contributed by atoms with Crippen LogP contribution in [-0.2, 0) is 4.79 Å². The average molecular weight is 279 g/mol. The average Bonchev–Trinajstić information content (AvgIpc) is 2.44. The Morgan fingerprint density at radius 2 is 1.55 bits per heavy atom. The number of piperidine rings is 1. The summed E-state index contributed by atoms with van der Waals surface area (Å²) in [4.78, 5) is 19.5. The smallest absolute Gasteiger partial charge is 0.225 e. The van der Waals surface area contributed by atoms with Crippen molar-refractivity contribution in [2.24, 2.45) is 11.8 Å². The Hall–Kier alpha value is -0.610. The van der Waals surface area contributed by atoms with Gasteiger partial charge in [0.2, 0.25) is 5.91 Å². The number of hydrogen-bond acceptors (Lipinski definition) is 3. The topological polar surface area (TPSA) is 26.8 Å². The van der Waals surface area contributed by atoms with Gasteiger partial charge in [-0.05, 0) is 51.7 Å². The summed E-state index contributed by atoms with van der Waals surface area (Å²) < 4.78 is 0. The number of hydrogen-bond donors (Lipinski definition) is 0. The van der Waals surface area contributed by atoms with Crippen molar-refractivity contribution in [3.63, 3.8) is 0 Å². The highest BCUT2D eigenvalue weighted by molar-refractivity contribution is 5.79. The summed E-state index contributed by atoms with van der Waals surface area (Å²) in [6.45, 7) is 8.78. The third kappa shape index (κ3) is 3.01. The van der Waals surface area contributed by atoms with Crippen molar-refractivity contribution in [3.05, 3.63) is 0 Å². The van der Waals surface area contributed by atoms with E-state index in [2.05, 4.69) is 28.7 Å². The van der Waals surface area contributed by atoms with Gasteiger partial charge in [0.15, 0.2) is 0 Å². The van der Waals surface area contributed by atoms with Gasteiger partial charge in [-0.25, -0.2) is 0 Å². The predicted molar refractivity (Wildman–Crippen MR) is 80.6 cm³/mol. The lowest BCUT2D eigenvalue weighted by Gasteiger charge is -2.44. The van der Waals surface area contributed by atoms with E-state index < -0.39 is 0 Å². The molecule has 0 aromatic heterocycles. The highest BCUT2D eigenvalue weighted by Crippen LogP contribution is 2.34. The number of nitrogens with zero attached hydrogens (tertiary/aromatic N) is 3. The molecule has 4 heteroatoms. The van der Waals surface area contributed by atoms with Crippen LogP contribution in [-0.4, -0.2) is 73.0 Å². The predicted octanol–water partition coefficient (Wildman–Crippen LogP) is 1.27. The van der Waals surface area contributed by atoms with Crippen LogP contribution < -0.4 is 0 Å². The summed E-state index contributed by atoms with van der Waals surface area (Å²) in [6.07, 6.45) is 4.83. The van der Waals surface area contributed by atoms with Crippen molar-refractivity contribution < 1.29 is 4.79 Å². The van der Waals surface area contributed by atoms with Crippen LogP contribution in [0.1, 0.15) is 32.6 Å². The van der Waals surface area contributed by atoms with Gasteiger partial charge in [0.05, 0.1) is 0 Å². The van der Waals surface area contributed by atoms with Crippen molar-refractivity contribution in [3.8, 4) is 0 Å². The fourth-order valence-corrected chi connectivity index (χ4v) is 4.03. The first kappa shape index (κ1) is 14.3. The minimum atomic E-state index is 0.347. The van der Waals surface area contributed by atoms with E-state index >= 15 is 0 Å². The van der Waals surface area contributed by atoms with Crippen LogP contribution in [0.3, 0.4) is 0 Å². The first-order chi connectivity index (χ1) is 9.63. The van der Waals surface area contributed by atoms with Gasteiger partial charge in [0.25, 0.3) is 0 Å². The van der Waals surface area contributed by atoms with E-state index in [-0.39, 0.29) is 0 Å². The van der Waals surface area contributed by atoms with E-state index in [1.807, 2.05) is 0 Å². The van der Waals surface area contributed by atoms with Gasteiger partial charge >= 0.3 is 0 Å². The second-order valence-electron chi connectivity index (χ2n) is 7.17. The van der Waals surface area contributed by atoms with Gasteiger partial charge in [0.1, 0.15) is 0 Å². The van der Waals surface area contributed by atoms with Crippen molar-refractivity contribution in [1.82, 2.24) is 14.7 Å². The molecular formula is C16H29N3O. The molecule has 0 atom stereocenters. The number of carbonyl (C=O) groups is 1. The zero-order valence-electron chi connectivity index (χ0n) is 13.1. The minimum absolute atomic E-state index is 0.347. The molecule has 0 unspecified atom stereocenters. The summed E-state index contributed by atoms with van der Waals surface area (Å²) in [7, 11) is 2.21. The van der Waals surface area contributed by atoms with Crippen molar-refractivity contribution >= 4 is 5.91 Å². The first-order valence-electron chi connectivity index (χ1n) is 8.35. The van der Waals surface area contributed by atoms with E-state index in [4.69, 9.17) is 0 Å². The SMILES string of the molecule is CC1CC(C(=O)N2CCN(C3CCN(C)CC3)CC2)C1. The first-order valence-corrected chi connectivity index (χ1v) is 8.35. The highest BCUT2D eigenvalue weighted by Gasteiger charge is 2.36. The van der Waals surface area contributed by atoms with Crippen molar-refractivity contribution in [2.75, 3.05) is 46.3 Å². The fraction of sp³-hybridized carbons (Fsp3) is 0.938. The van der Waals surface area contributed by atoms with Crippen molar-refractivity contribution in [2.45, 2.75) is 38.6 Å². The van der Waals surface area contributed by atoms with E-state index in [1.165, 1.54) is 25.9 Å². The maximum Gasteiger partial charge on any atom is 0.225 e. The minimum Gasteiger partial charge on any atom is -0.340 e. The Labute approximate surface area is 123 Å². The number of carbonyl (C=O) groups excluding carboxylic acids is 1. The fourth-order valence-electron chi connectivity index (χ4n) is 4.03. The van der Waals surface area contributed by atoms with Crippen LogP contribution in [0.5, 0.6) is 0 Å². The van der Waals surface area contributed by atoms with Gasteiger partial charge in [-0.3, -0.25) is 9.69 Å². The zero-order valence-corrected chi connectivity index (χ0v) is 13.1. The summed E-state index contributed by atoms with van der Waals surface area (Å²) in [5.41, 5.74) is 0. The molecule has 2 heterocycles. The number of piperazine rings is 1. The normalized spacial score (nSPS) is 34.0. The molecule has 2 aliphatic heterocycles. The molecule has 1 aliphatic carbocycles. The number of rotatable bonds is 2. The summed E-state index contributed by atoms with van der Waals surface area (Å²) in [5.74, 6) is 1.55. The molecule has 114 valence electrons. The lowest BCUT2D eigenvalue weighted by Crippen LogP contribution is -2.55. The van der Waals surface area contributed by atoms with Crippen LogP contribution in [0.2, 0.25) is 0 Å². The van der Waals surface area contributed by atoms with Gasteiger partial charge in [-0.2, -0.15) is 0 Å². The van der Waals surface area contributed by atoms with Crippen LogP contribution >= 0.6 is 0 Å². The molecule has 0 aromatic rings. The van der Waals surface area contributed by atoms with Gasteiger partial charge in [-0.1, -0.05) is 6.92 Å². The van der Waals surface area contributed by atoms with E-state index in [0.717, 1.165) is 51.0 Å². The molecule has 1 amide bonds. The maximum absolute atomic E-state index is 12.4. The lowest BCUT2D eigenvalue weighted by atomic mass is 9.75. The molecule has 0 radical (unpaired) electrons. The van der Waals surface area contributed by atoms with E-state index in [9.17, 15) is 4.79 Å². The third-order valence-electron chi connectivity index (χ3n) is 5.55. The monoisotopic (exact) mass is 279 g/mol. The van der Waals surface area contributed by atoms with Gasteiger partial charge in [0, 0.05) is 38.1 Å². The Kier molecular flexibility index (Phi) is 4.32. The second-order valence-corrected chi connectivity index (χ2v) is 7.17. The van der Waals surface area contributed by atoms with Crippen LogP contribution in [0.15, 0.2) is 0 Å². The molecule has 3 fully saturated rings. The molecule has 4 nitrogen and oxygen atoms in total. The van der Waals surface area contributed by atoms with E-state index in [1.54, 1.807) is 0 Å². The molecule has 0 spiro atoms. The molecule has 3 rings (SSSR count). The quantitative estimate of drug-likeness (QED) is 0.762. The summed E-state index contributed by atoms with van der Waals surface area (Å²) in [5, 5.41) is 0. The maximum atomic E-state index is 12.4. The highest BCUT2D eigenvalue weighted by atomic mass is 16.2.